The summed E-state index contributed by atoms with van der Waals surface area (Å²) in [6.07, 6.45) is 3.94. The molecule has 1 amide bonds. The molecule has 5 heteroatoms. The molecule has 1 aromatic heterocycles. The first-order valence-corrected chi connectivity index (χ1v) is 8.31. The summed E-state index contributed by atoms with van der Waals surface area (Å²) in [6, 6.07) is 6.07. The second-order valence-electron chi connectivity index (χ2n) is 6.75. The molecule has 0 aliphatic carbocycles. The molecule has 0 unspecified atom stereocenters. The quantitative estimate of drug-likeness (QED) is 0.837. The van der Waals surface area contributed by atoms with Crippen molar-refractivity contribution in [3.63, 3.8) is 0 Å². The second-order valence-corrected chi connectivity index (χ2v) is 6.75. The fraction of sp³-hybridized carbons (Fsp3) is 0.647. The Morgan fingerprint density at radius 3 is 3.05 bits per heavy atom. The lowest BCUT2D eigenvalue weighted by Crippen LogP contribution is -2.35. The van der Waals surface area contributed by atoms with Gasteiger partial charge in [-0.15, -0.1) is 0 Å². The van der Waals surface area contributed by atoms with Gasteiger partial charge < -0.3 is 9.64 Å². The van der Waals surface area contributed by atoms with Gasteiger partial charge in [0.25, 0.3) is 0 Å². The summed E-state index contributed by atoms with van der Waals surface area (Å²) in [5, 5.41) is 0. The van der Waals surface area contributed by atoms with Crippen molar-refractivity contribution in [3.05, 3.63) is 30.1 Å². The lowest BCUT2D eigenvalue weighted by Gasteiger charge is -2.24. The SMILES string of the molecule is O=C1CCCN1C[C@@H]1CO[C@@H]2CN(Cc3ccccn3)C[C@H]12. The summed E-state index contributed by atoms with van der Waals surface area (Å²) >= 11 is 0. The smallest absolute Gasteiger partial charge is 0.222 e. The van der Waals surface area contributed by atoms with Crippen LogP contribution in [0.25, 0.3) is 0 Å². The fourth-order valence-corrected chi connectivity index (χ4v) is 4.10. The Morgan fingerprint density at radius 1 is 1.32 bits per heavy atom. The number of ether oxygens (including phenoxy) is 1. The van der Waals surface area contributed by atoms with Gasteiger partial charge in [-0.05, 0) is 18.6 Å². The van der Waals surface area contributed by atoms with Gasteiger partial charge in [-0.2, -0.15) is 0 Å². The van der Waals surface area contributed by atoms with Crippen LogP contribution in [0.4, 0.5) is 0 Å². The number of fused-ring (bicyclic) bond motifs is 1. The van der Waals surface area contributed by atoms with Crippen molar-refractivity contribution in [3.8, 4) is 0 Å². The van der Waals surface area contributed by atoms with Crippen molar-refractivity contribution < 1.29 is 9.53 Å². The minimum atomic E-state index is 0.326. The highest BCUT2D eigenvalue weighted by atomic mass is 16.5. The minimum Gasteiger partial charge on any atom is -0.376 e. The van der Waals surface area contributed by atoms with Crippen molar-refractivity contribution in [1.29, 1.82) is 0 Å². The van der Waals surface area contributed by atoms with Gasteiger partial charge in [0.2, 0.25) is 5.91 Å². The van der Waals surface area contributed by atoms with Crippen LogP contribution >= 0.6 is 0 Å². The van der Waals surface area contributed by atoms with Crippen molar-refractivity contribution in [1.82, 2.24) is 14.8 Å². The van der Waals surface area contributed by atoms with E-state index in [2.05, 4.69) is 16.0 Å². The Kier molecular flexibility index (Phi) is 3.84. The summed E-state index contributed by atoms with van der Waals surface area (Å²) in [5.74, 6) is 1.39. The average molecular weight is 301 g/mol. The van der Waals surface area contributed by atoms with E-state index in [1.807, 2.05) is 23.2 Å². The monoisotopic (exact) mass is 301 g/mol. The number of rotatable bonds is 4. The third-order valence-electron chi connectivity index (χ3n) is 5.25. The number of carbonyl (C=O) groups excluding carboxylic acids is 1. The first-order chi connectivity index (χ1) is 10.8. The van der Waals surface area contributed by atoms with E-state index in [1.54, 1.807) is 0 Å². The maximum atomic E-state index is 11.8. The van der Waals surface area contributed by atoms with Crippen LogP contribution in [0.15, 0.2) is 24.4 Å². The molecule has 4 heterocycles. The van der Waals surface area contributed by atoms with Crippen molar-refractivity contribution in [2.45, 2.75) is 25.5 Å². The standard InChI is InChI=1S/C17H23N3O2/c21-17-5-3-7-20(17)8-13-12-22-16-11-19(10-15(13)16)9-14-4-1-2-6-18-14/h1-2,4,6,13,15-16H,3,5,7-12H2/t13-,15-,16-/m1/s1. The predicted octanol–water partition coefficient (Wildman–Crippen LogP) is 1.15. The Labute approximate surface area is 131 Å². The van der Waals surface area contributed by atoms with Crippen LogP contribution < -0.4 is 0 Å². The largest absolute Gasteiger partial charge is 0.376 e. The van der Waals surface area contributed by atoms with Gasteiger partial charge in [0.1, 0.15) is 0 Å². The predicted molar refractivity (Wildman–Crippen MR) is 82.0 cm³/mol. The number of carbonyl (C=O) groups is 1. The molecule has 3 fully saturated rings. The maximum absolute atomic E-state index is 11.8. The minimum absolute atomic E-state index is 0.326. The highest BCUT2D eigenvalue weighted by molar-refractivity contribution is 5.78. The lowest BCUT2D eigenvalue weighted by molar-refractivity contribution is -0.128. The summed E-state index contributed by atoms with van der Waals surface area (Å²) in [4.78, 5) is 20.7. The van der Waals surface area contributed by atoms with Crippen LogP contribution in [0, 0.1) is 11.8 Å². The van der Waals surface area contributed by atoms with Crippen LogP contribution in [0.3, 0.4) is 0 Å². The van der Waals surface area contributed by atoms with Crippen LogP contribution in [0.5, 0.6) is 0 Å². The van der Waals surface area contributed by atoms with Gasteiger partial charge in [0, 0.05) is 57.2 Å². The Bertz CT molecular complexity index is 536. The van der Waals surface area contributed by atoms with Crippen molar-refractivity contribution in [2.75, 3.05) is 32.8 Å². The number of nitrogens with zero attached hydrogens (tertiary/aromatic N) is 3. The van der Waals surface area contributed by atoms with Gasteiger partial charge in [0.15, 0.2) is 0 Å². The van der Waals surface area contributed by atoms with Crippen LogP contribution in [-0.2, 0) is 16.1 Å². The van der Waals surface area contributed by atoms with Gasteiger partial charge in [-0.1, -0.05) is 6.07 Å². The summed E-state index contributed by atoms with van der Waals surface area (Å²) in [6.45, 7) is 5.59. The van der Waals surface area contributed by atoms with E-state index in [9.17, 15) is 4.79 Å². The molecule has 22 heavy (non-hydrogen) atoms. The molecule has 0 saturated carbocycles. The second kappa shape index (κ2) is 5.97. The molecule has 0 aromatic carbocycles. The van der Waals surface area contributed by atoms with Crippen molar-refractivity contribution >= 4 is 5.91 Å². The molecule has 0 spiro atoms. The maximum Gasteiger partial charge on any atom is 0.222 e. The van der Waals surface area contributed by atoms with E-state index < -0.39 is 0 Å². The molecule has 0 N–H and O–H groups in total. The molecular formula is C17H23N3O2. The van der Waals surface area contributed by atoms with E-state index in [4.69, 9.17) is 4.74 Å². The van der Waals surface area contributed by atoms with Gasteiger partial charge >= 0.3 is 0 Å². The third-order valence-corrected chi connectivity index (χ3v) is 5.25. The molecule has 118 valence electrons. The van der Waals surface area contributed by atoms with Crippen LogP contribution in [0.2, 0.25) is 0 Å². The number of likely N-dealkylation sites (tertiary alicyclic amines) is 2. The first-order valence-electron chi connectivity index (χ1n) is 8.31. The molecule has 5 nitrogen and oxygen atoms in total. The number of hydrogen-bond donors (Lipinski definition) is 0. The molecule has 3 atom stereocenters. The zero-order chi connectivity index (χ0) is 14.9. The summed E-state index contributed by atoms with van der Waals surface area (Å²) in [7, 11) is 0. The Morgan fingerprint density at radius 2 is 2.27 bits per heavy atom. The number of pyridine rings is 1. The van der Waals surface area contributed by atoms with Gasteiger partial charge in [-0.25, -0.2) is 0 Å². The van der Waals surface area contributed by atoms with Crippen LogP contribution in [-0.4, -0.2) is 59.6 Å². The van der Waals surface area contributed by atoms with E-state index in [-0.39, 0.29) is 0 Å². The number of aromatic nitrogens is 1. The average Bonchev–Trinajstić information content (AvgIpc) is 3.19. The number of amides is 1. The van der Waals surface area contributed by atoms with Crippen molar-refractivity contribution in [2.24, 2.45) is 11.8 Å². The van der Waals surface area contributed by atoms with Gasteiger partial charge in [0.05, 0.1) is 18.4 Å². The molecule has 4 rings (SSSR count). The van der Waals surface area contributed by atoms with E-state index >= 15 is 0 Å². The molecule has 3 saturated heterocycles. The zero-order valence-corrected chi connectivity index (χ0v) is 12.9. The highest BCUT2D eigenvalue weighted by Gasteiger charge is 2.44. The normalized spacial score (nSPS) is 31.9. The van der Waals surface area contributed by atoms with E-state index in [1.165, 1.54) is 0 Å². The molecule has 3 aliphatic heterocycles. The molecular weight excluding hydrogens is 278 g/mol. The third kappa shape index (κ3) is 2.75. The summed E-state index contributed by atoms with van der Waals surface area (Å²) < 4.78 is 6.00. The first kappa shape index (κ1) is 14.2. The zero-order valence-electron chi connectivity index (χ0n) is 12.9. The molecule has 0 radical (unpaired) electrons. The molecule has 0 bridgehead atoms. The topological polar surface area (TPSA) is 45.7 Å². The molecule has 1 aromatic rings. The number of hydrogen-bond acceptors (Lipinski definition) is 4. The Balaban J connectivity index is 1.36. The summed E-state index contributed by atoms with van der Waals surface area (Å²) in [5.41, 5.74) is 1.12. The van der Waals surface area contributed by atoms with E-state index in [0.29, 0.717) is 23.8 Å². The lowest BCUT2D eigenvalue weighted by atomic mass is 9.93. The highest BCUT2D eigenvalue weighted by Crippen LogP contribution is 2.35. The van der Waals surface area contributed by atoms with Gasteiger partial charge in [-0.3, -0.25) is 14.7 Å². The molecule has 3 aliphatic rings. The Hall–Kier alpha value is -1.46. The van der Waals surface area contributed by atoms with Crippen LogP contribution in [0.1, 0.15) is 18.5 Å². The van der Waals surface area contributed by atoms with E-state index in [0.717, 1.165) is 57.9 Å². The fourth-order valence-electron chi connectivity index (χ4n) is 4.10.